The molecule has 0 aliphatic carbocycles. The Morgan fingerprint density at radius 2 is 2.10 bits per heavy atom. The topological polar surface area (TPSA) is 64.3 Å². The second-order valence-electron chi connectivity index (χ2n) is 4.20. The molecular formula is C15H15BrN2O2. The molecule has 0 aromatic heterocycles. The largest absolute Gasteiger partial charge is 0.495 e. The third-order valence-electron chi connectivity index (χ3n) is 2.83. The lowest BCUT2D eigenvalue weighted by molar-refractivity contribution is 0.102. The molecule has 2 rings (SSSR count). The van der Waals surface area contributed by atoms with Crippen LogP contribution in [0.3, 0.4) is 0 Å². The zero-order valence-corrected chi connectivity index (χ0v) is 12.6. The molecule has 0 radical (unpaired) electrons. The molecular weight excluding hydrogens is 320 g/mol. The van der Waals surface area contributed by atoms with Gasteiger partial charge in [-0.2, -0.15) is 0 Å². The lowest BCUT2D eigenvalue weighted by Gasteiger charge is -2.11. The van der Waals surface area contributed by atoms with Gasteiger partial charge in [-0.05, 0) is 35.9 Å². The summed E-state index contributed by atoms with van der Waals surface area (Å²) in [6, 6.07) is 12.7. The van der Waals surface area contributed by atoms with Crippen LogP contribution in [0.1, 0.15) is 15.9 Å². The smallest absolute Gasteiger partial charge is 0.255 e. The number of nitrogens with one attached hydrogen (secondary N) is 1. The standard InChI is InChI=1S/C15H15BrN2O2/c1-20-14-6-5-12(16)8-13(14)18-15(19)11-4-2-3-10(7-11)9-17/h2-8H,9,17H2,1H3,(H,18,19). The molecule has 20 heavy (non-hydrogen) atoms. The van der Waals surface area contributed by atoms with Gasteiger partial charge in [0.15, 0.2) is 0 Å². The van der Waals surface area contributed by atoms with E-state index in [2.05, 4.69) is 21.2 Å². The van der Waals surface area contributed by atoms with Crippen molar-refractivity contribution in [2.24, 2.45) is 5.73 Å². The number of benzene rings is 2. The number of hydrogen-bond donors (Lipinski definition) is 2. The number of hydrogen-bond acceptors (Lipinski definition) is 3. The fourth-order valence-electron chi connectivity index (χ4n) is 1.81. The van der Waals surface area contributed by atoms with Crippen LogP contribution < -0.4 is 15.8 Å². The molecule has 3 N–H and O–H groups in total. The summed E-state index contributed by atoms with van der Waals surface area (Å²) in [5, 5.41) is 2.84. The molecule has 2 aromatic rings. The Balaban J connectivity index is 2.25. The number of carbonyl (C=O) groups is 1. The summed E-state index contributed by atoms with van der Waals surface area (Å²) in [5.74, 6) is 0.410. The second-order valence-corrected chi connectivity index (χ2v) is 5.12. The van der Waals surface area contributed by atoms with Gasteiger partial charge in [0.1, 0.15) is 5.75 Å². The first-order valence-corrected chi connectivity index (χ1v) is 6.87. The highest BCUT2D eigenvalue weighted by Crippen LogP contribution is 2.28. The van der Waals surface area contributed by atoms with Crippen LogP contribution in [0.25, 0.3) is 0 Å². The van der Waals surface area contributed by atoms with E-state index in [1.54, 1.807) is 31.4 Å². The maximum absolute atomic E-state index is 12.2. The molecule has 0 atom stereocenters. The lowest BCUT2D eigenvalue weighted by atomic mass is 10.1. The van der Waals surface area contributed by atoms with Crippen LogP contribution in [0.2, 0.25) is 0 Å². The van der Waals surface area contributed by atoms with Gasteiger partial charge in [0.25, 0.3) is 5.91 Å². The first-order valence-electron chi connectivity index (χ1n) is 6.08. The predicted octanol–water partition coefficient (Wildman–Crippen LogP) is 3.17. The van der Waals surface area contributed by atoms with E-state index in [1.807, 2.05) is 18.2 Å². The fraction of sp³-hybridized carbons (Fsp3) is 0.133. The molecule has 0 saturated heterocycles. The molecule has 0 bridgehead atoms. The molecule has 2 aromatic carbocycles. The van der Waals surface area contributed by atoms with E-state index in [9.17, 15) is 4.79 Å². The Morgan fingerprint density at radius 1 is 1.30 bits per heavy atom. The van der Waals surface area contributed by atoms with Gasteiger partial charge in [0.2, 0.25) is 0 Å². The van der Waals surface area contributed by atoms with Crippen molar-refractivity contribution in [3.63, 3.8) is 0 Å². The van der Waals surface area contributed by atoms with Crippen LogP contribution in [0.4, 0.5) is 5.69 Å². The van der Waals surface area contributed by atoms with Crippen LogP contribution >= 0.6 is 15.9 Å². The minimum absolute atomic E-state index is 0.197. The van der Waals surface area contributed by atoms with Crippen molar-refractivity contribution >= 4 is 27.5 Å². The molecule has 1 amide bonds. The van der Waals surface area contributed by atoms with E-state index in [0.29, 0.717) is 23.5 Å². The average molecular weight is 335 g/mol. The number of amides is 1. The van der Waals surface area contributed by atoms with Crippen LogP contribution in [-0.4, -0.2) is 13.0 Å². The SMILES string of the molecule is COc1ccc(Br)cc1NC(=O)c1cccc(CN)c1. The number of rotatable bonds is 4. The van der Waals surface area contributed by atoms with Crippen LogP contribution in [0.5, 0.6) is 5.75 Å². The van der Waals surface area contributed by atoms with E-state index in [-0.39, 0.29) is 5.91 Å². The van der Waals surface area contributed by atoms with Crippen molar-refractivity contribution < 1.29 is 9.53 Å². The highest BCUT2D eigenvalue weighted by atomic mass is 79.9. The summed E-state index contributed by atoms with van der Waals surface area (Å²) in [4.78, 5) is 12.2. The summed E-state index contributed by atoms with van der Waals surface area (Å²) in [7, 11) is 1.56. The van der Waals surface area contributed by atoms with Crippen molar-refractivity contribution in [1.82, 2.24) is 0 Å². The summed E-state index contributed by atoms with van der Waals surface area (Å²) in [6.45, 7) is 0.404. The predicted molar refractivity (Wildman–Crippen MR) is 83.0 cm³/mol. The molecule has 0 aliphatic heterocycles. The van der Waals surface area contributed by atoms with Crippen molar-refractivity contribution in [2.75, 3.05) is 12.4 Å². The highest BCUT2D eigenvalue weighted by molar-refractivity contribution is 9.10. The van der Waals surface area contributed by atoms with E-state index < -0.39 is 0 Å². The minimum atomic E-state index is -0.197. The number of carbonyl (C=O) groups excluding carboxylic acids is 1. The summed E-state index contributed by atoms with van der Waals surface area (Å²) < 4.78 is 6.09. The third kappa shape index (κ3) is 3.37. The fourth-order valence-corrected chi connectivity index (χ4v) is 2.17. The third-order valence-corrected chi connectivity index (χ3v) is 3.33. The normalized spacial score (nSPS) is 10.2. The Hall–Kier alpha value is -1.85. The Kier molecular flexibility index (Phi) is 4.76. The molecule has 0 aliphatic rings. The number of nitrogens with two attached hydrogens (primary N) is 1. The Bertz CT molecular complexity index is 629. The first-order chi connectivity index (χ1) is 9.63. The maximum atomic E-state index is 12.2. The van der Waals surface area contributed by atoms with Crippen molar-refractivity contribution in [3.05, 3.63) is 58.1 Å². The van der Waals surface area contributed by atoms with E-state index in [0.717, 1.165) is 10.0 Å². The quantitative estimate of drug-likeness (QED) is 0.902. The molecule has 0 unspecified atom stereocenters. The molecule has 0 saturated carbocycles. The van der Waals surface area contributed by atoms with Gasteiger partial charge < -0.3 is 15.8 Å². The number of methoxy groups -OCH3 is 1. The lowest BCUT2D eigenvalue weighted by Crippen LogP contribution is -2.13. The van der Waals surface area contributed by atoms with Crippen molar-refractivity contribution in [2.45, 2.75) is 6.54 Å². The van der Waals surface area contributed by atoms with Gasteiger partial charge in [-0.25, -0.2) is 0 Å². The van der Waals surface area contributed by atoms with E-state index >= 15 is 0 Å². The van der Waals surface area contributed by atoms with Crippen LogP contribution in [-0.2, 0) is 6.54 Å². The summed E-state index contributed by atoms with van der Waals surface area (Å²) in [6.07, 6.45) is 0. The minimum Gasteiger partial charge on any atom is -0.495 e. The summed E-state index contributed by atoms with van der Waals surface area (Å²) in [5.41, 5.74) is 7.68. The maximum Gasteiger partial charge on any atom is 0.255 e. The molecule has 4 nitrogen and oxygen atoms in total. The van der Waals surface area contributed by atoms with Gasteiger partial charge in [0, 0.05) is 16.6 Å². The van der Waals surface area contributed by atoms with Crippen LogP contribution in [0, 0.1) is 0 Å². The molecule has 5 heteroatoms. The van der Waals surface area contributed by atoms with Gasteiger partial charge in [-0.1, -0.05) is 28.1 Å². The number of ether oxygens (including phenoxy) is 1. The summed E-state index contributed by atoms with van der Waals surface area (Å²) >= 11 is 3.37. The van der Waals surface area contributed by atoms with E-state index in [4.69, 9.17) is 10.5 Å². The van der Waals surface area contributed by atoms with Crippen molar-refractivity contribution in [1.29, 1.82) is 0 Å². The zero-order chi connectivity index (χ0) is 14.5. The number of anilines is 1. The van der Waals surface area contributed by atoms with Gasteiger partial charge >= 0.3 is 0 Å². The number of halogens is 1. The Labute approximate surface area is 126 Å². The first kappa shape index (κ1) is 14.6. The second kappa shape index (κ2) is 6.54. The zero-order valence-electron chi connectivity index (χ0n) is 11.0. The van der Waals surface area contributed by atoms with Gasteiger partial charge in [-0.15, -0.1) is 0 Å². The van der Waals surface area contributed by atoms with Gasteiger partial charge in [-0.3, -0.25) is 4.79 Å². The molecule has 0 heterocycles. The van der Waals surface area contributed by atoms with Crippen LogP contribution in [0.15, 0.2) is 46.9 Å². The molecule has 0 spiro atoms. The Morgan fingerprint density at radius 3 is 2.80 bits per heavy atom. The van der Waals surface area contributed by atoms with Gasteiger partial charge in [0.05, 0.1) is 12.8 Å². The van der Waals surface area contributed by atoms with E-state index in [1.165, 1.54) is 0 Å². The average Bonchev–Trinajstić information content (AvgIpc) is 2.47. The van der Waals surface area contributed by atoms with Crippen molar-refractivity contribution in [3.8, 4) is 5.75 Å². The molecule has 0 fully saturated rings. The monoisotopic (exact) mass is 334 g/mol. The highest BCUT2D eigenvalue weighted by Gasteiger charge is 2.10. The molecule has 104 valence electrons.